The number of aromatic nitrogens is 2. The van der Waals surface area contributed by atoms with Crippen LogP contribution in [0.2, 0.25) is 0 Å². The maximum absolute atomic E-state index is 10.7. The zero-order chi connectivity index (χ0) is 20.7. The molecule has 4 nitrogen and oxygen atoms in total. The minimum absolute atomic E-state index is 0.170. The highest BCUT2D eigenvalue weighted by Crippen LogP contribution is 2.44. The molecular weight excluding hydrogens is 348 g/mol. The van der Waals surface area contributed by atoms with Crippen molar-refractivity contribution in [2.24, 2.45) is 11.3 Å². The molecule has 1 heterocycles. The summed E-state index contributed by atoms with van der Waals surface area (Å²) >= 11 is 0. The van der Waals surface area contributed by atoms with E-state index in [1.54, 1.807) is 6.92 Å². The first kappa shape index (κ1) is 21.7. The number of rotatable bonds is 7. The largest absolute Gasteiger partial charge is 0.478 e. The molecule has 1 aliphatic rings. The lowest BCUT2D eigenvalue weighted by Crippen LogP contribution is -2.26. The number of nitrogens with zero attached hydrogens (tertiary/aromatic N) is 2. The van der Waals surface area contributed by atoms with Gasteiger partial charge in [0.05, 0.1) is 6.33 Å². The van der Waals surface area contributed by atoms with Crippen molar-refractivity contribution in [3.05, 3.63) is 77.5 Å². The van der Waals surface area contributed by atoms with Crippen molar-refractivity contribution in [3.63, 3.8) is 0 Å². The summed E-state index contributed by atoms with van der Waals surface area (Å²) in [6.07, 6.45) is 19.4. The molecule has 0 bridgehead atoms. The van der Waals surface area contributed by atoms with Crippen molar-refractivity contribution in [3.8, 4) is 0 Å². The molecule has 0 radical (unpaired) electrons. The third-order valence-corrected chi connectivity index (χ3v) is 5.46. The Morgan fingerprint density at radius 2 is 2.07 bits per heavy atom. The normalized spacial score (nSPS) is 21.1. The van der Waals surface area contributed by atoms with E-state index in [1.165, 1.54) is 30.1 Å². The van der Waals surface area contributed by atoms with Crippen LogP contribution in [0, 0.1) is 11.3 Å². The summed E-state index contributed by atoms with van der Waals surface area (Å²) in [6, 6.07) is 0. The van der Waals surface area contributed by atoms with Gasteiger partial charge in [-0.2, -0.15) is 0 Å². The highest BCUT2D eigenvalue weighted by atomic mass is 16.4. The molecule has 0 spiro atoms. The number of allylic oxidation sites excluding steroid dienone is 9. The zero-order valence-electron chi connectivity index (χ0n) is 17.6. The van der Waals surface area contributed by atoms with Crippen molar-refractivity contribution < 1.29 is 9.90 Å². The summed E-state index contributed by atoms with van der Waals surface area (Å²) in [7, 11) is 0. The average molecular weight is 381 g/mol. The lowest BCUT2D eigenvalue weighted by Gasteiger charge is -2.37. The number of hydrogen-bond donors (Lipinski definition) is 1. The van der Waals surface area contributed by atoms with Gasteiger partial charge in [0.15, 0.2) is 0 Å². The van der Waals surface area contributed by atoms with Crippen molar-refractivity contribution >= 4 is 5.97 Å². The second-order valence-corrected chi connectivity index (χ2v) is 8.31. The summed E-state index contributed by atoms with van der Waals surface area (Å²) in [6.45, 7) is 11.7. The van der Waals surface area contributed by atoms with Gasteiger partial charge in [0.25, 0.3) is 0 Å². The second kappa shape index (κ2) is 9.54. The molecule has 1 N–H and O–H groups in total. The van der Waals surface area contributed by atoms with Gasteiger partial charge in [-0.25, -0.2) is 9.78 Å². The molecule has 0 saturated heterocycles. The van der Waals surface area contributed by atoms with Crippen LogP contribution in [0.25, 0.3) is 0 Å². The first-order chi connectivity index (χ1) is 13.2. The fourth-order valence-electron chi connectivity index (χ4n) is 3.74. The standard InChI is InChI=1S/C24H32N2O2/c1-18(7-6-8-19(2)15-23(27)28)9-10-22-20(3)21(11-12-24(22,4)5)16-26-14-13-25-17-26/h6-10,13-15,17,21H,11-12,16H2,1-5H3,(H,27,28)/b8-6?,10-9?,18-7?,19-15-. The van der Waals surface area contributed by atoms with Crippen LogP contribution in [0.4, 0.5) is 0 Å². The van der Waals surface area contributed by atoms with Crippen molar-refractivity contribution in [1.82, 2.24) is 9.55 Å². The summed E-state index contributed by atoms with van der Waals surface area (Å²) in [5.41, 5.74) is 4.90. The number of carboxylic acids is 1. The molecular formula is C24H32N2O2. The topological polar surface area (TPSA) is 55.1 Å². The molecule has 1 aromatic heterocycles. The monoisotopic (exact) mass is 380 g/mol. The van der Waals surface area contributed by atoms with E-state index in [0.29, 0.717) is 5.92 Å². The Kier molecular flexibility index (Phi) is 7.38. The maximum Gasteiger partial charge on any atom is 0.328 e. The fraction of sp³-hybridized carbons (Fsp3) is 0.417. The lowest BCUT2D eigenvalue weighted by molar-refractivity contribution is -0.131. The molecule has 4 heteroatoms. The molecule has 28 heavy (non-hydrogen) atoms. The van der Waals surface area contributed by atoms with Crippen LogP contribution in [-0.4, -0.2) is 20.6 Å². The number of hydrogen-bond acceptors (Lipinski definition) is 2. The molecule has 0 aromatic carbocycles. The number of aliphatic carboxylic acids is 1. The second-order valence-electron chi connectivity index (χ2n) is 8.31. The van der Waals surface area contributed by atoms with Gasteiger partial charge in [-0.3, -0.25) is 0 Å². The van der Waals surface area contributed by atoms with Gasteiger partial charge in [-0.05, 0) is 56.1 Å². The van der Waals surface area contributed by atoms with E-state index in [-0.39, 0.29) is 5.41 Å². The minimum Gasteiger partial charge on any atom is -0.478 e. The molecule has 2 rings (SSSR count). The smallest absolute Gasteiger partial charge is 0.328 e. The van der Waals surface area contributed by atoms with E-state index in [0.717, 1.165) is 17.7 Å². The van der Waals surface area contributed by atoms with E-state index >= 15 is 0 Å². The van der Waals surface area contributed by atoms with E-state index in [9.17, 15) is 4.79 Å². The molecule has 0 saturated carbocycles. The van der Waals surface area contributed by atoms with Gasteiger partial charge in [0, 0.05) is 25.0 Å². The van der Waals surface area contributed by atoms with Crippen LogP contribution >= 0.6 is 0 Å². The lowest BCUT2D eigenvalue weighted by atomic mass is 9.68. The van der Waals surface area contributed by atoms with Crippen molar-refractivity contribution in [2.45, 2.75) is 54.0 Å². The average Bonchev–Trinajstić information content (AvgIpc) is 3.09. The van der Waals surface area contributed by atoms with E-state index < -0.39 is 5.97 Å². The van der Waals surface area contributed by atoms with Crippen molar-refractivity contribution in [1.29, 1.82) is 0 Å². The fourth-order valence-corrected chi connectivity index (χ4v) is 3.74. The quantitative estimate of drug-likeness (QED) is 0.486. The Bertz CT molecular complexity index is 834. The summed E-state index contributed by atoms with van der Waals surface area (Å²) in [5, 5.41) is 8.75. The maximum atomic E-state index is 10.7. The van der Waals surface area contributed by atoms with Crippen LogP contribution in [0.1, 0.15) is 47.5 Å². The van der Waals surface area contributed by atoms with E-state index in [4.69, 9.17) is 5.11 Å². The van der Waals surface area contributed by atoms with Gasteiger partial charge in [0.2, 0.25) is 0 Å². The Morgan fingerprint density at radius 1 is 1.32 bits per heavy atom. The van der Waals surface area contributed by atoms with E-state index in [2.05, 4.69) is 49.4 Å². The molecule has 1 aromatic rings. The van der Waals surface area contributed by atoms with Crippen LogP contribution in [-0.2, 0) is 11.3 Å². The van der Waals surface area contributed by atoms with Crippen LogP contribution < -0.4 is 0 Å². The predicted octanol–water partition coefficient (Wildman–Crippen LogP) is 5.73. The van der Waals surface area contributed by atoms with Crippen LogP contribution in [0.3, 0.4) is 0 Å². The third kappa shape index (κ3) is 6.22. The zero-order valence-corrected chi connectivity index (χ0v) is 17.6. The molecule has 1 atom stereocenters. The van der Waals surface area contributed by atoms with Crippen molar-refractivity contribution in [2.75, 3.05) is 0 Å². The Hall–Kier alpha value is -2.62. The number of imidazole rings is 1. The predicted molar refractivity (Wildman–Crippen MR) is 115 cm³/mol. The van der Waals surface area contributed by atoms with Gasteiger partial charge >= 0.3 is 5.97 Å². The van der Waals surface area contributed by atoms with Crippen LogP contribution in [0.15, 0.2) is 77.5 Å². The van der Waals surface area contributed by atoms with Gasteiger partial charge in [-0.15, -0.1) is 0 Å². The molecule has 1 unspecified atom stereocenters. The van der Waals surface area contributed by atoms with Crippen LogP contribution in [0.5, 0.6) is 0 Å². The highest BCUT2D eigenvalue weighted by molar-refractivity contribution is 5.81. The Morgan fingerprint density at radius 3 is 2.71 bits per heavy atom. The number of carboxylic acid groups (broad SMARTS) is 1. The SMILES string of the molecule is CC(C=CC1=C(C)C(Cn2ccnc2)CCC1(C)C)=CC=C/C(C)=C\C(=O)O. The Balaban J connectivity index is 2.16. The number of carbonyl (C=O) groups is 1. The third-order valence-electron chi connectivity index (χ3n) is 5.46. The summed E-state index contributed by atoms with van der Waals surface area (Å²) < 4.78 is 2.16. The van der Waals surface area contributed by atoms with E-state index in [1.807, 2.05) is 36.9 Å². The molecule has 0 amide bonds. The molecule has 150 valence electrons. The van der Waals surface area contributed by atoms with Gasteiger partial charge in [0.1, 0.15) is 0 Å². The van der Waals surface area contributed by atoms with Gasteiger partial charge < -0.3 is 9.67 Å². The molecule has 1 aliphatic carbocycles. The van der Waals surface area contributed by atoms with Gasteiger partial charge in [-0.1, -0.05) is 55.4 Å². The first-order valence-corrected chi connectivity index (χ1v) is 9.80. The summed E-state index contributed by atoms with van der Waals surface area (Å²) in [5.74, 6) is -0.384. The molecule has 0 aliphatic heterocycles. The first-order valence-electron chi connectivity index (χ1n) is 9.80. The minimum atomic E-state index is -0.921. The molecule has 0 fully saturated rings. The Labute approximate surface area is 168 Å². The summed E-state index contributed by atoms with van der Waals surface area (Å²) in [4.78, 5) is 14.8. The highest BCUT2D eigenvalue weighted by Gasteiger charge is 2.31.